The first-order valence-electron chi connectivity index (χ1n) is 17.9. The highest BCUT2D eigenvalue weighted by molar-refractivity contribution is 5.96. The lowest BCUT2D eigenvalue weighted by atomic mass is 10.1. The molecule has 1 N–H and O–H groups in total. The fourth-order valence-electron chi connectivity index (χ4n) is 5.24. The van der Waals surface area contributed by atoms with E-state index in [-0.39, 0.29) is 30.6 Å². The number of nitrogens with one attached hydrogen (secondary N) is 1. The maximum Gasteiger partial charge on any atom is 0.302 e. The van der Waals surface area contributed by atoms with Gasteiger partial charge in [-0.1, -0.05) is 45.9 Å². The number of carbonyl (C=O) groups excluding carboxylic acids is 2. The number of amides is 1. The van der Waals surface area contributed by atoms with Crippen LogP contribution in [0.4, 0.5) is 5.69 Å². The van der Waals surface area contributed by atoms with E-state index in [9.17, 15) is 9.59 Å². The van der Waals surface area contributed by atoms with Gasteiger partial charge in [0.05, 0.1) is 50.6 Å². The topological polar surface area (TPSA) is 100 Å². The second-order valence-electron chi connectivity index (χ2n) is 11.1. The molecule has 0 aliphatic carbocycles. The molecule has 1 fully saturated rings. The van der Waals surface area contributed by atoms with Gasteiger partial charge in [0, 0.05) is 44.9 Å². The Morgan fingerprint density at radius 2 is 1.74 bits per heavy atom. The van der Waals surface area contributed by atoms with Crippen LogP contribution in [0, 0.1) is 0 Å². The van der Waals surface area contributed by atoms with Crippen LogP contribution in [-0.2, 0) is 30.3 Å². The molecule has 276 valence electrons. The Morgan fingerprint density at radius 3 is 2.44 bits per heavy atom. The SMILES string of the molecule is C/C=C\C/C=C(/COCCCOc1ccc(N2C(=O)CNC[C@@H]2COc2ccc3ccn(CCOC(C)=O)c3c2)cc1)C(C)OC.CC.CC. The molecule has 0 bridgehead atoms. The molecular weight excluding hydrogens is 634 g/mol. The lowest BCUT2D eigenvalue weighted by Crippen LogP contribution is -2.57. The highest BCUT2D eigenvalue weighted by atomic mass is 16.5. The van der Waals surface area contributed by atoms with Crippen molar-refractivity contribution >= 4 is 28.5 Å². The largest absolute Gasteiger partial charge is 0.494 e. The van der Waals surface area contributed by atoms with Gasteiger partial charge in [-0.15, -0.1) is 0 Å². The number of aromatic nitrogens is 1. The summed E-state index contributed by atoms with van der Waals surface area (Å²) in [6.45, 7) is 17.1. The smallest absolute Gasteiger partial charge is 0.302 e. The van der Waals surface area contributed by atoms with Crippen LogP contribution in [0.1, 0.15) is 61.3 Å². The zero-order valence-corrected chi connectivity index (χ0v) is 31.4. The van der Waals surface area contributed by atoms with E-state index in [1.807, 2.05) is 107 Å². The van der Waals surface area contributed by atoms with Crippen molar-refractivity contribution in [2.75, 3.05) is 58.1 Å². The van der Waals surface area contributed by atoms with Crippen LogP contribution >= 0.6 is 0 Å². The third-order valence-electron chi connectivity index (χ3n) is 7.83. The van der Waals surface area contributed by atoms with Gasteiger partial charge < -0.3 is 38.5 Å². The van der Waals surface area contributed by atoms with Crippen molar-refractivity contribution in [1.82, 2.24) is 9.88 Å². The van der Waals surface area contributed by atoms with E-state index in [1.54, 1.807) is 12.0 Å². The fraction of sp³-hybridized carbons (Fsp3) is 0.500. The lowest BCUT2D eigenvalue weighted by Gasteiger charge is -2.36. The van der Waals surface area contributed by atoms with Gasteiger partial charge in [-0.05, 0) is 73.7 Å². The molecule has 1 aromatic heterocycles. The second-order valence-corrected chi connectivity index (χ2v) is 11.1. The standard InChI is InChI=1S/C36H47N3O7.2C2H6/c1-5-6-7-9-30(27(2)42-4)25-43-19-8-20-45-33-14-11-31(12-15-33)39-32(23-37-24-36(39)41)26-46-34-13-10-29-16-17-38(35(29)22-34)18-21-44-28(3)40;2*1-2/h5-6,9-17,22,27,32,37H,7-8,18-21,23-26H2,1-4H3;2*1-2H3/b6-5-,30-9-;;/t27?,32-;;/m1../s1. The number of esters is 1. The maximum atomic E-state index is 13.0. The molecule has 2 heterocycles. The predicted molar refractivity (Wildman–Crippen MR) is 202 cm³/mol. The van der Waals surface area contributed by atoms with Crippen LogP contribution in [-0.4, -0.2) is 81.8 Å². The van der Waals surface area contributed by atoms with Crippen LogP contribution in [0.15, 0.2) is 78.5 Å². The van der Waals surface area contributed by atoms with E-state index in [4.69, 9.17) is 23.7 Å². The van der Waals surface area contributed by atoms with E-state index in [0.29, 0.717) is 51.9 Å². The second kappa shape index (κ2) is 24.1. The first-order valence-corrected chi connectivity index (χ1v) is 17.9. The van der Waals surface area contributed by atoms with Gasteiger partial charge >= 0.3 is 5.97 Å². The molecule has 10 nitrogen and oxygen atoms in total. The number of piperazine rings is 1. The van der Waals surface area contributed by atoms with Gasteiger partial charge in [0.25, 0.3) is 0 Å². The van der Waals surface area contributed by atoms with Gasteiger partial charge in [0.2, 0.25) is 5.91 Å². The van der Waals surface area contributed by atoms with Crippen molar-refractivity contribution in [2.24, 2.45) is 0 Å². The Morgan fingerprint density at radius 1 is 1.00 bits per heavy atom. The molecule has 1 aliphatic rings. The third kappa shape index (κ3) is 13.7. The third-order valence-corrected chi connectivity index (χ3v) is 7.83. The van der Waals surface area contributed by atoms with Crippen LogP contribution in [0.5, 0.6) is 11.5 Å². The Balaban J connectivity index is 0.00000209. The summed E-state index contributed by atoms with van der Waals surface area (Å²) in [5.74, 6) is 1.14. The van der Waals surface area contributed by atoms with Crippen LogP contribution in [0.25, 0.3) is 10.9 Å². The number of nitrogens with zero attached hydrogens (tertiary/aromatic N) is 2. The number of allylic oxidation sites excluding steroid dienone is 3. The number of rotatable bonds is 18. The fourth-order valence-corrected chi connectivity index (χ4v) is 5.24. The molecule has 50 heavy (non-hydrogen) atoms. The average Bonchev–Trinajstić information content (AvgIpc) is 3.55. The van der Waals surface area contributed by atoms with Crippen molar-refractivity contribution in [3.8, 4) is 11.5 Å². The summed E-state index contributed by atoms with van der Waals surface area (Å²) in [6, 6.07) is 15.4. The Kier molecular flexibility index (Phi) is 20.3. The van der Waals surface area contributed by atoms with E-state index in [2.05, 4.69) is 17.5 Å². The first-order chi connectivity index (χ1) is 24.4. The summed E-state index contributed by atoms with van der Waals surface area (Å²) in [5, 5.41) is 4.27. The van der Waals surface area contributed by atoms with Gasteiger partial charge in [-0.3, -0.25) is 9.59 Å². The van der Waals surface area contributed by atoms with E-state index in [1.165, 1.54) is 6.92 Å². The maximum absolute atomic E-state index is 13.0. The molecule has 2 atom stereocenters. The van der Waals surface area contributed by atoms with E-state index >= 15 is 0 Å². The minimum absolute atomic E-state index is 0.0117. The average molecular weight is 694 g/mol. The molecule has 4 rings (SSSR count). The van der Waals surface area contributed by atoms with Crippen molar-refractivity contribution in [3.05, 3.63) is 78.5 Å². The monoisotopic (exact) mass is 693 g/mol. The Labute approximate surface area is 299 Å². The molecule has 1 unspecified atom stereocenters. The molecule has 0 spiro atoms. The quantitative estimate of drug-likeness (QED) is 0.0839. The Hall–Kier alpha value is -4.12. The lowest BCUT2D eigenvalue weighted by molar-refractivity contribution is -0.141. The van der Waals surface area contributed by atoms with Crippen LogP contribution in [0.3, 0.4) is 0 Å². The molecule has 10 heteroatoms. The van der Waals surface area contributed by atoms with Crippen LogP contribution in [0.2, 0.25) is 0 Å². The summed E-state index contributed by atoms with van der Waals surface area (Å²) in [5.41, 5.74) is 2.92. The number of fused-ring (bicyclic) bond motifs is 1. The molecule has 1 aliphatic heterocycles. The van der Waals surface area contributed by atoms with Gasteiger partial charge in [-0.2, -0.15) is 0 Å². The number of hydrogen-bond acceptors (Lipinski definition) is 8. The molecular formula is C40H59N3O7. The Bertz CT molecular complexity index is 1470. The molecule has 0 radical (unpaired) electrons. The van der Waals surface area contributed by atoms with Crippen molar-refractivity contribution < 1.29 is 33.3 Å². The van der Waals surface area contributed by atoms with Gasteiger partial charge in [0.1, 0.15) is 24.7 Å². The predicted octanol–water partition coefficient (Wildman–Crippen LogP) is 7.35. The molecule has 1 amide bonds. The molecule has 1 saturated heterocycles. The number of benzene rings is 2. The van der Waals surface area contributed by atoms with Crippen molar-refractivity contribution in [1.29, 1.82) is 0 Å². The van der Waals surface area contributed by atoms with Crippen molar-refractivity contribution in [3.63, 3.8) is 0 Å². The zero-order chi connectivity index (χ0) is 36.7. The zero-order valence-electron chi connectivity index (χ0n) is 31.4. The van der Waals surface area contributed by atoms with E-state index in [0.717, 1.165) is 40.8 Å². The summed E-state index contributed by atoms with van der Waals surface area (Å²) >= 11 is 0. The van der Waals surface area contributed by atoms with Gasteiger partial charge in [-0.25, -0.2) is 0 Å². The summed E-state index contributed by atoms with van der Waals surface area (Å²) in [4.78, 5) is 25.9. The highest BCUT2D eigenvalue weighted by Gasteiger charge is 2.30. The van der Waals surface area contributed by atoms with E-state index < -0.39 is 0 Å². The molecule has 3 aromatic rings. The number of anilines is 1. The summed E-state index contributed by atoms with van der Waals surface area (Å²) in [6.07, 6.45) is 9.89. The van der Waals surface area contributed by atoms with Gasteiger partial charge in [0.15, 0.2) is 0 Å². The molecule has 0 saturated carbocycles. The normalized spacial score (nSPS) is 15.2. The number of methoxy groups -OCH3 is 1. The molecule has 2 aromatic carbocycles. The number of hydrogen-bond donors (Lipinski definition) is 1. The number of ether oxygens (including phenoxy) is 5. The van der Waals surface area contributed by atoms with Crippen LogP contribution < -0.4 is 19.7 Å². The highest BCUT2D eigenvalue weighted by Crippen LogP contribution is 2.26. The number of carbonyl (C=O) groups is 2. The minimum atomic E-state index is -0.296. The minimum Gasteiger partial charge on any atom is -0.494 e. The first kappa shape index (κ1) is 42.0. The van der Waals surface area contributed by atoms with Crippen molar-refractivity contribution in [2.45, 2.75) is 80.0 Å². The summed E-state index contributed by atoms with van der Waals surface area (Å²) < 4.78 is 30.6. The summed E-state index contributed by atoms with van der Waals surface area (Å²) in [7, 11) is 1.71.